The number of ether oxygens (including phenoxy) is 4. The van der Waals surface area contributed by atoms with Crippen LogP contribution in [0.4, 0.5) is 0 Å². The molecular weight excluding hydrogens is 328 g/mol. The summed E-state index contributed by atoms with van der Waals surface area (Å²) in [7, 11) is 1.58. The second-order valence-corrected chi connectivity index (χ2v) is 8.39. The molecule has 2 aliphatic carbocycles. The van der Waals surface area contributed by atoms with E-state index in [-0.39, 0.29) is 11.8 Å². The van der Waals surface area contributed by atoms with Crippen molar-refractivity contribution in [2.75, 3.05) is 7.11 Å². The predicted molar refractivity (Wildman–Crippen MR) is 83.9 cm³/mol. The molecule has 1 N–H and O–H groups in total. The van der Waals surface area contributed by atoms with E-state index in [2.05, 4.69) is 6.92 Å². The Morgan fingerprint density at radius 1 is 1.36 bits per heavy atom. The molecule has 4 aliphatic rings. The van der Waals surface area contributed by atoms with Gasteiger partial charge in [-0.1, -0.05) is 13.8 Å². The van der Waals surface area contributed by atoms with Crippen LogP contribution in [0.25, 0.3) is 0 Å². The van der Waals surface area contributed by atoms with Gasteiger partial charge in [0.15, 0.2) is 11.4 Å². The largest absolute Gasteiger partial charge is 0.459 e. The number of methoxy groups -OCH3 is 1. The lowest BCUT2D eigenvalue weighted by atomic mass is 9.49. The molecule has 25 heavy (non-hydrogen) atoms. The standard InChI is InChI=1S/C18H26O7/c1-9-6-7-16(22-5)12-8-17(25-16)18(21,10(2)13(20)24-17)14(15(9,12)4)23-11(3)19/h9-10,12,14,21H,6-8H2,1-5H3. The van der Waals surface area contributed by atoms with Crippen LogP contribution in [0.3, 0.4) is 0 Å². The summed E-state index contributed by atoms with van der Waals surface area (Å²) in [6, 6.07) is 0. The second kappa shape index (κ2) is 4.75. The summed E-state index contributed by atoms with van der Waals surface area (Å²) < 4.78 is 23.4. The molecule has 2 saturated heterocycles. The lowest BCUT2D eigenvalue weighted by molar-refractivity contribution is -0.343. The maximum atomic E-state index is 12.4. The van der Waals surface area contributed by atoms with E-state index in [0.29, 0.717) is 12.8 Å². The number of hydrogen-bond acceptors (Lipinski definition) is 7. The van der Waals surface area contributed by atoms with Crippen molar-refractivity contribution in [1.82, 2.24) is 0 Å². The highest BCUT2D eigenvalue weighted by atomic mass is 16.8. The Balaban J connectivity index is 1.97. The summed E-state index contributed by atoms with van der Waals surface area (Å²) in [6.07, 6.45) is 0.866. The zero-order valence-corrected chi connectivity index (χ0v) is 15.3. The molecular formula is C18H26O7. The third-order valence-electron chi connectivity index (χ3n) is 7.56. The molecule has 8 unspecified atom stereocenters. The molecule has 2 saturated carbocycles. The van der Waals surface area contributed by atoms with E-state index in [0.717, 1.165) is 6.42 Å². The number of aliphatic hydroxyl groups is 1. The lowest BCUT2D eigenvalue weighted by Gasteiger charge is -2.58. The summed E-state index contributed by atoms with van der Waals surface area (Å²) >= 11 is 0. The van der Waals surface area contributed by atoms with Crippen molar-refractivity contribution < 1.29 is 33.6 Å². The van der Waals surface area contributed by atoms with Gasteiger partial charge < -0.3 is 24.1 Å². The van der Waals surface area contributed by atoms with Crippen LogP contribution in [0.5, 0.6) is 0 Å². The number of esters is 2. The van der Waals surface area contributed by atoms with Gasteiger partial charge in [-0.15, -0.1) is 0 Å². The van der Waals surface area contributed by atoms with Gasteiger partial charge in [0, 0.05) is 38.2 Å². The van der Waals surface area contributed by atoms with Crippen molar-refractivity contribution in [1.29, 1.82) is 0 Å². The first-order valence-corrected chi connectivity index (χ1v) is 8.95. The molecule has 0 amide bonds. The van der Waals surface area contributed by atoms with Gasteiger partial charge in [0.25, 0.3) is 0 Å². The van der Waals surface area contributed by atoms with E-state index >= 15 is 0 Å². The molecule has 0 aromatic rings. The molecule has 8 atom stereocenters. The van der Waals surface area contributed by atoms with E-state index in [9.17, 15) is 14.7 Å². The fraction of sp³-hybridized carbons (Fsp3) is 0.889. The van der Waals surface area contributed by atoms with Crippen molar-refractivity contribution in [2.45, 2.75) is 70.2 Å². The molecule has 7 nitrogen and oxygen atoms in total. The predicted octanol–water partition coefficient (Wildman–Crippen LogP) is 1.37. The first-order chi connectivity index (χ1) is 11.6. The van der Waals surface area contributed by atoms with Gasteiger partial charge in [-0.25, -0.2) is 0 Å². The van der Waals surface area contributed by atoms with Crippen LogP contribution in [0.1, 0.15) is 47.0 Å². The van der Waals surface area contributed by atoms with Crippen LogP contribution in [0.2, 0.25) is 0 Å². The van der Waals surface area contributed by atoms with Gasteiger partial charge in [-0.3, -0.25) is 9.59 Å². The summed E-state index contributed by atoms with van der Waals surface area (Å²) in [5, 5.41) is 11.8. The lowest BCUT2D eigenvalue weighted by Crippen LogP contribution is -2.71. The van der Waals surface area contributed by atoms with Gasteiger partial charge in [0.1, 0.15) is 6.10 Å². The minimum absolute atomic E-state index is 0.150. The van der Waals surface area contributed by atoms with Crippen molar-refractivity contribution in [3.8, 4) is 0 Å². The van der Waals surface area contributed by atoms with E-state index in [1.165, 1.54) is 6.92 Å². The molecule has 2 heterocycles. The first-order valence-electron chi connectivity index (χ1n) is 8.95. The van der Waals surface area contributed by atoms with Crippen molar-refractivity contribution in [3.63, 3.8) is 0 Å². The Morgan fingerprint density at radius 3 is 2.64 bits per heavy atom. The molecule has 4 fully saturated rings. The monoisotopic (exact) mass is 354 g/mol. The fourth-order valence-electron chi connectivity index (χ4n) is 5.97. The molecule has 2 aliphatic heterocycles. The molecule has 0 aromatic heterocycles. The van der Waals surface area contributed by atoms with Crippen molar-refractivity contribution in [2.24, 2.45) is 23.2 Å². The van der Waals surface area contributed by atoms with Crippen molar-refractivity contribution >= 4 is 11.9 Å². The van der Waals surface area contributed by atoms with Crippen LogP contribution in [-0.2, 0) is 28.5 Å². The smallest absolute Gasteiger partial charge is 0.314 e. The zero-order valence-electron chi connectivity index (χ0n) is 15.3. The number of hydrogen-bond donors (Lipinski definition) is 1. The average Bonchev–Trinajstić information content (AvgIpc) is 2.98. The van der Waals surface area contributed by atoms with E-state index in [4.69, 9.17) is 18.9 Å². The third-order valence-corrected chi connectivity index (χ3v) is 7.56. The Kier molecular flexibility index (Phi) is 3.28. The quantitative estimate of drug-likeness (QED) is 0.749. The second-order valence-electron chi connectivity index (χ2n) is 8.39. The Bertz CT molecular complexity index is 649. The molecule has 4 rings (SSSR count). The summed E-state index contributed by atoms with van der Waals surface area (Å²) in [5.41, 5.74) is -2.35. The molecule has 7 heteroatoms. The SMILES string of the molecule is COC12CCC(C)C3(C)C1CC1(OC(=O)C(C)C1(O)C3OC(C)=O)O2. The maximum Gasteiger partial charge on any atom is 0.314 e. The molecule has 140 valence electrons. The molecule has 1 spiro atoms. The van der Waals surface area contributed by atoms with Crippen LogP contribution >= 0.6 is 0 Å². The Hall–Kier alpha value is -1.18. The molecule has 2 bridgehead atoms. The van der Waals surface area contributed by atoms with Gasteiger partial charge in [-0.05, 0) is 19.3 Å². The Morgan fingerprint density at radius 2 is 2.04 bits per heavy atom. The fourth-order valence-corrected chi connectivity index (χ4v) is 5.97. The molecule has 0 radical (unpaired) electrons. The highest BCUT2D eigenvalue weighted by Gasteiger charge is 2.86. The normalized spacial score (nSPS) is 56.3. The van der Waals surface area contributed by atoms with Crippen LogP contribution in [0.15, 0.2) is 0 Å². The minimum atomic E-state index is -1.75. The number of carbonyl (C=O) groups excluding carboxylic acids is 2. The minimum Gasteiger partial charge on any atom is -0.459 e. The van der Waals surface area contributed by atoms with Gasteiger partial charge in [-0.2, -0.15) is 0 Å². The molecule has 0 aromatic carbocycles. The van der Waals surface area contributed by atoms with Crippen molar-refractivity contribution in [3.05, 3.63) is 0 Å². The van der Waals surface area contributed by atoms with Gasteiger partial charge in [0.05, 0.1) is 5.92 Å². The van der Waals surface area contributed by atoms with Crippen LogP contribution in [-0.4, -0.2) is 47.4 Å². The summed E-state index contributed by atoms with van der Waals surface area (Å²) in [6.45, 7) is 7.02. The summed E-state index contributed by atoms with van der Waals surface area (Å²) in [4.78, 5) is 24.3. The summed E-state index contributed by atoms with van der Waals surface area (Å²) in [5.74, 6) is -4.39. The van der Waals surface area contributed by atoms with E-state index in [1.807, 2.05) is 6.92 Å². The van der Waals surface area contributed by atoms with E-state index < -0.39 is 46.6 Å². The van der Waals surface area contributed by atoms with Gasteiger partial charge >= 0.3 is 11.9 Å². The zero-order chi connectivity index (χ0) is 18.4. The highest BCUT2D eigenvalue weighted by molar-refractivity contribution is 5.78. The van der Waals surface area contributed by atoms with Gasteiger partial charge in [0.2, 0.25) is 5.79 Å². The van der Waals surface area contributed by atoms with E-state index in [1.54, 1.807) is 14.0 Å². The number of rotatable bonds is 2. The maximum absolute atomic E-state index is 12.4. The topological polar surface area (TPSA) is 91.3 Å². The average molecular weight is 354 g/mol. The highest BCUT2D eigenvalue weighted by Crippen LogP contribution is 2.72. The number of carbonyl (C=O) groups is 2. The first kappa shape index (κ1) is 17.2. The van der Waals surface area contributed by atoms with Crippen LogP contribution < -0.4 is 0 Å². The van der Waals surface area contributed by atoms with Crippen LogP contribution in [0, 0.1) is 23.2 Å². The third kappa shape index (κ3) is 1.68. The Labute approximate surface area is 146 Å².